The molecule has 2 aromatic heterocycles. The van der Waals surface area contributed by atoms with E-state index in [-0.39, 0.29) is 24.6 Å². The first kappa shape index (κ1) is 24.6. The van der Waals surface area contributed by atoms with E-state index < -0.39 is 6.16 Å². The number of hydrogen-bond donors (Lipinski definition) is 1. The molecule has 8 heteroatoms. The molecule has 0 bridgehead atoms. The third-order valence-corrected chi connectivity index (χ3v) is 6.64. The van der Waals surface area contributed by atoms with Gasteiger partial charge < -0.3 is 9.47 Å². The van der Waals surface area contributed by atoms with Gasteiger partial charge in [0, 0.05) is 36.0 Å². The SMILES string of the molecule is CCOC(=O)OC1CCN(C(c2ccc(-c3ccccc3)nc2)c2cn[nH]c2-c2ccccc2F)CC1. The molecule has 1 saturated heterocycles. The highest BCUT2D eigenvalue weighted by atomic mass is 19.1. The van der Waals surface area contributed by atoms with E-state index >= 15 is 0 Å². The number of hydrogen-bond acceptors (Lipinski definition) is 6. The fourth-order valence-corrected chi connectivity index (χ4v) is 4.86. The minimum atomic E-state index is -0.630. The summed E-state index contributed by atoms with van der Waals surface area (Å²) in [5.41, 5.74) is 4.87. The number of H-pyrrole nitrogens is 1. The van der Waals surface area contributed by atoms with Crippen LogP contribution in [-0.4, -0.2) is 52.0 Å². The predicted molar refractivity (Wildman–Crippen MR) is 138 cm³/mol. The normalized spacial score (nSPS) is 15.3. The van der Waals surface area contributed by atoms with Gasteiger partial charge in [0.15, 0.2) is 0 Å². The van der Waals surface area contributed by atoms with Crippen molar-refractivity contribution in [2.24, 2.45) is 0 Å². The molecule has 0 amide bonds. The van der Waals surface area contributed by atoms with Gasteiger partial charge in [-0.1, -0.05) is 48.5 Å². The van der Waals surface area contributed by atoms with Gasteiger partial charge in [-0.05, 0) is 43.5 Å². The highest BCUT2D eigenvalue weighted by Crippen LogP contribution is 2.37. The first-order chi connectivity index (χ1) is 18.1. The van der Waals surface area contributed by atoms with Crippen LogP contribution in [0.25, 0.3) is 22.5 Å². The zero-order chi connectivity index (χ0) is 25.6. The molecule has 0 aliphatic carbocycles. The van der Waals surface area contributed by atoms with E-state index in [1.165, 1.54) is 6.07 Å². The van der Waals surface area contributed by atoms with Crippen molar-refractivity contribution in [3.05, 3.63) is 96.1 Å². The maximum Gasteiger partial charge on any atom is 0.508 e. The molecule has 0 spiro atoms. The molecule has 1 unspecified atom stereocenters. The Morgan fingerprint density at radius 3 is 2.51 bits per heavy atom. The van der Waals surface area contributed by atoms with E-state index in [9.17, 15) is 9.18 Å². The zero-order valence-corrected chi connectivity index (χ0v) is 20.6. The third-order valence-electron chi connectivity index (χ3n) is 6.64. The molecule has 4 aromatic rings. The lowest BCUT2D eigenvalue weighted by atomic mass is 9.93. The highest BCUT2D eigenvalue weighted by molar-refractivity contribution is 5.65. The lowest BCUT2D eigenvalue weighted by molar-refractivity contribution is -0.00191. The van der Waals surface area contributed by atoms with Crippen molar-refractivity contribution in [2.75, 3.05) is 19.7 Å². The van der Waals surface area contributed by atoms with Gasteiger partial charge in [0.25, 0.3) is 0 Å². The van der Waals surface area contributed by atoms with Gasteiger partial charge in [-0.2, -0.15) is 5.10 Å². The van der Waals surface area contributed by atoms with Crippen LogP contribution < -0.4 is 0 Å². The summed E-state index contributed by atoms with van der Waals surface area (Å²) >= 11 is 0. The number of likely N-dealkylation sites (tertiary alicyclic amines) is 1. The number of halogens is 1. The van der Waals surface area contributed by atoms with E-state index in [0.717, 1.165) is 22.4 Å². The van der Waals surface area contributed by atoms with Gasteiger partial charge >= 0.3 is 6.16 Å². The van der Waals surface area contributed by atoms with Crippen LogP contribution in [0.1, 0.15) is 36.9 Å². The molecule has 1 fully saturated rings. The van der Waals surface area contributed by atoms with E-state index in [0.29, 0.717) is 37.2 Å². The standard InChI is InChI=1S/C29H29FN4O3/c1-2-36-29(35)37-22-14-16-34(17-15-22)28(21-12-13-26(31-18-21)20-8-4-3-5-9-20)24-19-32-33-27(24)23-10-6-7-11-25(23)30/h3-13,18-19,22,28H,2,14-17H2,1H3,(H,32,33). The number of benzene rings is 2. The van der Waals surface area contributed by atoms with Gasteiger partial charge in [0.2, 0.25) is 0 Å². The fourth-order valence-electron chi connectivity index (χ4n) is 4.86. The van der Waals surface area contributed by atoms with E-state index in [4.69, 9.17) is 14.5 Å². The van der Waals surface area contributed by atoms with Crippen molar-refractivity contribution in [2.45, 2.75) is 31.9 Å². The number of pyridine rings is 1. The van der Waals surface area contributed by atoms with Crippen molar-refractivity contribution in [1.29, 1.82) is 0 Å². The number of nitrogens with one attached hydrogen (secondary N) is 1. The first-order valence-electron chi connectivity index (χ1n) is 12.5. The molecule has 2 aromatic carbocycles. The molecule has 1 N–H and O–H groups in total. The van der Waals surface area contributed by atoms with Gasteiger partial charge in [-0.3, -0.25) is 15.0 Å². The largest absolute Gasteiger partial charge is 0.508 e. The monoisotopic (exact) mass is 500 g/mol. The van der Waals surface area contributed by atoms with Gasteiger partial charge in [-0.25, -0.2) is 9.18 Å². The van der Waals surface area contributed by atoms with Gasteiger partial charge in [-0.15, -0.1) is 0 Å². The molecule has 1 aliphatic rings. The maximum atomic E-state index is 14.8. The Balaban J connectivity index is 1.46. The number of nitrogens with zero attached hydrogens (tertiary/aromatic N) is 3. The fraction of sp³-hybridized carbons (Fsp3) is 0.276. The molecular weight excluding hydrogens is 471 g/mol. The highest BCUT2D eigenvalue weighted by Gasteiger charge is 2.32. The molecule has 190 valence electrons. The van der Waals surface area contributed by atoms with Crippen molar-refractivity contribution < 1.29 is 18.7 Å². The molecule has 7 nitrogen and oxygen atoms in total. The molecular formula is C29H29FN4O3. The van der Waals surface area contributed by atoms with Crippen LogP contribution in [-0.2, 0) is 9.47 Å². The second-order valence-electron chi connectivity index (χ2n) is 8.96. The Labute approximate surface area is 215 Å². The van der Waals surface area contributed by atoms with Crippen LogP contribution >= 0.6 is 0 Å². The Kier molecular flexibility index (Phi) is 7.56. The number of carbonyl (C=O) groups is 1. The Morgan fingerprint density at radius 1 is 1.05 bits per heavy atom. The number of ether oxygens (including phenoxy) is 2. The van der Waals surface area contributed by atoms with Crippen LogP contribution in [0.5, 0.6) is 0 Å². The summed E-state index contributed by atoms with van der Waals surface area (Å²) in [6.07, 6.45) is 4.14. The molecule has 1 atom stereocenters. The van der Waals surface area contributed by atoms with Crippen molar-refractivity contribution in [3.63, 3.8) is 0 Å². The quantitative estimate of drug-likeness (QED) is 0.313. The Bertz CT molecular complexity index is 1320. The van der Waals surface area contributed by atoms with Crippen molar-refractivity contribution >= 4 is 6.16 Å². The summed E-state index contributed by atoms with van der Waals surface area (Å²) in [7, 11) is 0. The van der Waals surface area contributed by atoms with E-state index in [1.807, 2.05) is 48.7 Å². The summed E-state index contributed by atoms with van der Waals surface area (Å²) in [4.78, 5) is 18.9. The summed E-state index contributed by atoms with van der Waals surface area (Å²) in [6.45, 7) is 3.39. The molecule has 3 heterocycles. The second kappa shape index (κ2) is 11.3. The summed E-state index contributed by atoms with van der Waals surface area (Å²) < 4.78 is 25.2. The Morgan fingerprint density at radius 2 is 1.81 bits per heavy atom. The lowest BCUT2D eigenvalue weighted by Crippen LogP contribution is -2.40. The average molecular weight is 501 g/mol. The summed E-state index contributed by atoms with van der Waals surface area (Å²) in [6, 6.07) is 20.6. The van der Waals surface area contributed by atoms with Crippen LogP contribution in [0, 0.1) is 5.82 Å². The topological polar surface area (TPSA) is 80.3 Å². The predicted octanol–water partition coefficient (Wildman–Crippen LogP) is 6.00. The number of rotatable bonds is 7. The van der Waals surface area contributed by atoms with Gasteiger partial charge in [0.05, 0.1) is 30.2 Å². The summed E-state index contributed by atoms with van der Waals surface area (Å²) in [5, 5.41) is 7.31. The van der Waals surface area contributed by atoms with E-state index in [2.05, 4.69) is 21.2 Å². The second-order valence-corrected chi connectivity index (χ2v) is 8.96. The zero-order valence-electron chi connectivity index (χ0n) is 20.6. The maximum absolute atomic E-state index is 14.8. The van der Waals surface area contributed by atoms with Crippen molar-refractivity contribution in [3.8, 4) is 22.5 Å². The lowest BCUT2D eigenvalue weighted by Gasteiger charge is -2.37. The molecule has 37 heavy (non-hydrogen) atoms. The van der Waals surface area contributed by atoms with Crippen LogP contribution in [0.2, 0.25) is 0 Å². The minimum absolute atomic E-state index is 0.204. The number of piperidine rings is 1. The minimum Gasteiger partial charge on any atom is -0.435 e. The van der Waals surface area contributed by atoms with Crippen LogP contribution in [0.4, 0.5) is 9.18 Å². The van der Waals surface area contributed by atoms with Crippen LogP contribution in [0.3, 0.4) is 0 Å². The Hall–Kier alpha value is -4.04. The van der Waals surface area contributed by atoms with Crippen LogP contribution in [0.15, 0.2) is 79.1 Å². The number of aromatic amines is 1. The first-order valence-corrected chi connectivity index (χ1v) is 12.5. The smallest absolute Gasteiger partial charge is 0.435 e. The molecule has 0 saturated carbocycles. The van der Waals surface area contributed by atoms with E-state index in [1.54, 1.807) is 25.3 Å². The number of aromatic nitrogens is 3. The van der Waals surface area contributed by atoms with Gasteiger partial charge in [0.1, 0.15) is 11.9 Å². The van der Waals surface area contributed by atoms with Crippen molar-refractivity contribution in [1.82, 2.24) is 20.1 Å². The average Bonchev–Trinajstić information content (AvgIpc) is 3.40. The summed E-state index contributed by atoms with van der Waals surface area (Å²) in [5.74, 6) is -0.314. The third kappa shape index (κ3) is 5.54. The number of carbonyl (C=O) groups excluding carboxylic acids is 1. The molecule has 5 rings (SSSR count). The molecule has 0 radical (unpaired) electrons. The molecule has 1 aliphatic heterocycles.